The van der Waals surface area contributed by atoms with Gasteiger partial charge in [-0.05, 0) is 13.3 Å². The zero-order valence-corrected chi connectivity index (χ0v) is 22.1. The lowest BCUT2D eigenvalue weighted by Crippen LogP contribution is -2.56. The summed E-state index contributed by atoms with van der Waals surface area (Å²) < 4.78 is 4.99. The summed E-state index contributed by atoms with van der Waals surface area (Å²) >= 11 is 0.911. The van der Waals surface area contributed by atoms with Crippen LogP contribution in [0.15, 0.2) is 41.4 Å². The van der Waals surface area contributed by atoms with Crippen molar-refractivity contribution < 1.29 is 38.9 Å². The molecule has 0 unspecified atom stereocenters. The molecule has 1 fully saturated rings. The number of benzene rings is 1. The third-order valence-electron chi connectivity index (χ3n) is 5.68. The molecule has 1 aromatic carbocycles. The molecule has 0 aliphatic carbocycles. The van der Waals surface area contributed by atoms with E-state index in [9.17, 15) is 29.1 Å². The first-order valence-electron chi connectivity index (χ1n) is 12.2. The van der Waals surface area contributed by atoms with Gasteiger partial charge < -0.3 is 30.1 Å². The molecular formula is C25H29N5O8S. The summed E-state index contributed by atoms with van der Waals surface area (Å²) in [6, 6.07) is 8.95. The summed E-state index contributed by atoms with van der Waals surface area (Å²) in [5, 5.41) is 21.1. The number of nitrogens with zero attached hydrogens (tertiary/aromatic N) is 4. The fourth-order valence-electron chi connectivity index (χ4n) is 3.77. The number of nitrogens with one attached hydrogen (secondary N) is 1. The van der Waals surface area contributed by atoms with Crippen molar-refractivity contribution in [2.24, 2.45) is 0 Å². The van der Waals surface area contributed by atoms with Crippen LogP contribution in [0, 0.1) is 0 Å². The second-order valence-corrected chi connectivity index (χ2v) is 9.43. The van der Waals surface area contributed by atoms with Crippen molar-refractivity contribution in [3.63, 3.8) is 0 Å². The standard InChI is InChI=1S/C25H29N5O8S/c1-2-38-25(37)30-12-10-29(11-13-30)24(36)17(8-9-20(31)32)27-23(35)18-14-19(39-15-21(33)34)28-22(26-18)16-6-4-3-5-7-16/h3-7,14,17H,2,8-13,15H2,1H3,(H,27,35)(H,31,32)(H,33,34)/t17-/m0/s1. The molecule has 1 aromatic heterocycles. The van der Waals surface area contributed by atoms with E-state index in [2.05, 4.69) is 15.3 Å². The Kier molecular flexibility index (Phi) is 10.6. The molecule has 2 aromatic rings. The Labute approximate surface area is 228 Å². The van der Waals surface area contributed by atoms with Crippen LogP contribution in [0.5, 0.6) is 0 Å². The maximum atomic E-state index is 13.3. The zero-order valence-electron chi connectivity index (χ0n) is 21.2. The fourth-order valence-corrected chi connectivity index (χ4v) is 4.39. The number of carboxylic acids is 2. The molecule has 0 saturated carbocycles. The van der Waals surface area contributed by atoms with Crippen LogP contribution in [0.4, 0.5) is 4.79 Å². The lowest BCUT2D eigenvalue weighted by atomic mass is 10.1. The molecular weight excluding hydrogens is 530 g/mol. The smallest absolute Gasteiger partial charge is 0.409 e. The maximum Gasteiger partial charge on any atom is 0.409 e. The minimum atomic E-state index is -1.16. The van der Waals surface area contributed by atoms with E-state index in [1.165, 1.54) is 15.9 Å². The summed E-state index contributed by atoms with van der Waals surface area (Å²) in [7, 11) is 0. The Bertz CT molecular complexity index is 1200. The third kappa shape index (κ3) is 8.67. The van der Waals surface area contributed by atoms with Gasteiger partial charge in [0.2, 0.25) is 5.91 Å². The van der Waals surface area contributed by atoms with Gasteiger partial charge in [0.25, 0.3) is 5.91 Å². The highest BCUT2D eigenvalue weighted by Gasteiger charge is 2.31. The summed E-state index contributed by atoms with van der Waals surface area (Å²) in [5.41, 5.74) is 0.499. The van der Waals surface area contributed by atoms with E-state index in [0.29, 0.717) is 5.56 Å². The number of thioether (sulfide) groups is 1. The van der Waals surface area contributed by atoms with Crippen molar-refractivity contribution in [2.45, 2.75) is 30.8 Å². The quantitative estimate of drug-likeness (QED) is 0.269. The van der Waals surface area contributed by atoms with E-state index < -0.39 is 35.9 Å². The molecule has 0 spiro atoms. The largest absolute Gasteiger partial charge is 0.481 e. The molecule has 208 valence electrons. The molecule has 3 amide bonds. The van der Waals surface area contributed by atoms with Crippen LogP contribution >= 0.6 is 11.8 Å². The number of carbonyl (C=O) groups excluding carboxylic acids is 3. The first-order valence-corrected chi connectivity index (χ1v) is 13.2. The maximum absolute atomic E-state index is 13.3. The topological polar surface area (TPSA) is 179 Å². The number of piperazine rings is 1. The summed E-state index contributed by atoms with van der Waals surface area (Å²) in [6.07, 6.45) is -0.997. The number of ether oxygens (including phenoxy) is 1. The molecule has 13 nitrogen and oxygen atoms in total. The highest BCUT2D eigenvalue weighted by molar-refractivity contribution is 7.99. The first-order chi connectivity index (χ1) is 18.7. The lowest BCUT2D eigenvalue weighted by molar-refractivity contribution is -0.138. The number of carbonyl (C=O) groups is 5. The van der Waals surface area contributed by atoms with E-state index in [0.717, 1.165) is 11.8 Å². The summed E-state index contributed by atoms with van der Waals surface area (Å²) in [4.78, 5) is 72.4. The summed E-state index contributed by atoms with van der Waals surface area (Å²) in [6.45, 7) is 2.79. The molecule has 1 aliphatic rings. The predicted molar refractivity (Wildman–Crippen MR) is 139 cm³/mol. The number of hydrogen-bond acceptors (Lipinski definition) is 9. The van der Waals surface area contributed by atoms with Crippen molar-refractivity contribution in [2.75, 3.05) is 38.5 Å². The molecule has 14 heteroatoms. The predicted octanol–water partition coefficient (Wildman–Crippen LogP) is 1.58. The van der Waals surface area contributed by atoms with Crippen molar-refractivity contribution in [3.05, 3.63) is 42.1 Å². The van der Waals surface area contributed by atoms with Crippen LogP contribution < -0.4 is 5.32 Å². The molecule has 2 heterocycles. The van der Waals surface area contributed by atoms with Gasteiger partial charge in [-0.15, -0.1) is 0 Å². The molecule has 1 saturated heterocycles. The van der Waals surface area contributed by atoms with E-state index in [-0.39, 0.29) is 67.9 Å². The normalized spacial score (nSPS) is 13.9. The SMILES string of the molecule is CCOC(=O)N1CCN(C(=O)[C@H](CCC(=O)O)NC(=O)c2cc(SCC(=O)O)nc(-c3ccccc3)n2)CC1. The molecule has 1 aliphatic heterocycles. The molecule has 1 atom stereocenters. The number of amides is 3. The van der Waals surface area contributed by atoms with E-state index in [1.807, 2.05) is 0 Å². The van der Waals surface area contributed by atoms with Gasteiger partial charge in [-0.3, -0.25) is 19.2 Å². The van der Waals surface area contributed by atoms with Crippen LogP contribution in [0.25, 0.3) is 11.4 Å². The van der Waals surface area contributed by atoms with Gasteiger partial charge in [0.1, 0.15) is 16.8 Å². The molecule has 0 radical (unpaired) electrons. The first kappa shape index (κ1) is 29.4. The third-order valence-corrected chi connectivity index (χ3v) is 6.57. The van der Waals surface area contributed by atoms with Crippen LogP contribution in [0.3, 0.4) is 0 Å². The minimum absolute atomic E-state index is 0.100. The number of aromatic nitrogens is 2. The zero-order chi connectivity index (χ0) is 28.4. The average molecular weight is 560 g/mol. The minimum Gasteiger partial charge on any atom is -0.481 e. The summed E-state index contributed by atoms with van der Waals surface area (Å²) in [5.74, 6) is -3.50. The van der Waals surface area contributed by atoms with Gasteiger partial charge in [0.05, 0.1) is 12.4 Å². The van der Waals surface area contributed by atoms with Crippen LogP contribution in [-0.2, 0) is 19.1 Å². The Balaban J connectivity index is 1.80. The van der Waals surface area contributed by atoms with Gasteiger partial charge in [0, 0.05) is 44.2 Å². The highest BCUT2D eigenvalue weighted by Crippen LogP contribution is 2.22. The molecule has 0 bridgehead atoms. The average Bonchev–Trinajstić information content (AvgIpc) is 2.94. The highest BCUT2D eigenvalue weighted by atomic mass is 32.2. The Morgan fingerprint density at radius 3 is 2.28 bits per heavy atom. The van der Waals surface area contributed by atoms with E-state index in [4.69, 9.17) is 9.84 Å². The number of aliphatic carboxylic acids is 2. The van der Waals surface area contributed by atoms with Crippen molar-refractivity contribution in [1.29, 1.82) is 0 Å². The van der Waals surface area contributed by atoms with Crippen molar-refractivity contribution in [1.82, 2.24) is 25.1 Å². The second-order valence-electron chi connectivity index (χ2n) is 8.43. The number of carboxylic acid groups (broad SMARTS) is 2. The van der Waals surface area contributed by atoms with Crippen LogP contribution in [0.2, 0.25) is 0 Å². The van der Waals surface area contributed by atoms with Crippen LogP contribution in [-0.4, -0.2) is 104 Å². The van der Waals surface area contributed by atoms with Gasteiger partial charge >= 0.3 is 18.0 Å². The molecule has 39 heavy (non-hydrogen) atoms. The van der Waals surface area contributed by atoms with Gasteiger partial charge in [-0.1, -0.05) is 42.1 Å². The van der Waals surface area contributed by atoms with Gasteiger partial charge in [-0.25, -0.2) is 14.8 Å². The Morgan fingerprint density at radius 2 is 1.67 bits per heavy atom. The Hall–Kier alpha value is -4.20. The van der Waals surface area contributed by atoms with Crippen molar-refractivity contribution >= 4 is 41.6 Å². The van der Waals surface area contributed by atoms with E-state index >= 15 is 0 Å². The molecule has 3 N–H and O–H groups in total. The molecule has 3 rings (SSSR count). The van der Waals surface area contributed by atoms with E-state index in [1.54, 1.807) is 37.3 Å². The Morgan fingerprint density at radius 1 is 1.00 bits per heavy atom. The fraction of sp³-hybridized carbons (Fsp3) is 0.400. The van der Waals surface area contributed by atoms with Crippen LogP contribution in [0.1, 0.15) is 30.3 Å². The second kappa shape index (κ2) is 14.1. The monoisotopic (exact) mass is 559 g/mol. The van der Waals surface area contributed by atoms with Gasteiger partial charge in [0.15, 0.2) is 5.82 Å². The number of hydrogen-bond donors (Lipinski definition) is 3. The lowest BCUT2D eigenvalue weighted by Gasteiger charge is -2.35. The number of rotatable bonds is 11. The van der Waals surface area contributed by atoms with Gasteiger partial charge in [-0.2, -0.15) is 0 Å². The van der Waals surface area contributed by atoms with Crippen molar-refractivity contribution in [3.8, 4) is 11.4 Å².